The van der Waals surface area contributed by atoms with Crippen LogP contribution in [0.5, 0.6) is 0 Å². The van der Waals surface area contributed by atoms with E-state index in [-0.39, 0.29) is 23.3 Å². The van der Waals surface area contributed by atoms with Crippen molar-refractivity contribution >= 4 is 17.4 Å². The fourth-order valence-electron chi connectivity index (χ4n) is 2.15. The Kier molecular flexibility index (Phi) is 3.61. The van der Waals surface area contributed by atoms with Crippen molar-refractivity contribution in [3.05, 3.63) is 21.7 Å². The topological polar surface area (TPSA) is 78.5 Å². The van der Waals surface area contributed by atoms with Gasteiger partial charge < -0.3 is 19.7 Å². The molecular formula is C11H16ClN3O3. The number of ether oxygens (including phenoxy) is 1. The van der Waals surface area contributed by atoms with E-state index in [0.29, 0.717) is 18.9 Å². The van der Waals surface area contributed by atoms with Crippen LogP contribution in [0.15, 0.2) is 11.1 Å². The zero-order valence-corrected chi connectivity index (χ0v) is 11.1. The van der Waals surface area contributed by atoms with Crippen LogP contribution in [-0.2, 0) is 4.74 Å². The predicted molar refractivity (Wildman–Crippen MR) is 68.1 cm³/mol. The van der Waals surface area contributed by atoms with Crippen LogP contribution in [0.25, 0.3) is 0 Å². The van der Waals surface area contributed by atoms with Gasteiger partial charge >= 0.3 is 0 Å². The lowest BCUT2D eigenvalue weighted by Crippen LogP contribution is -2.54. The molecule has 1 aliphatic heterocycles. The van der Waals surface area contributed by atoms with E-state index < -0.39 is 5.60 Å². The fraction of sp³-hybridized carbons (Fsp3) is 0.636. The summed E-state index contributed by atoms with van der Waals surface area (Å²) in [5.74, 6) is 0.426. The molecule has 0 saturated carbocycles. The second kappa shape index (κ2) is 4.87. The van der Waals surface area contributed by atoms with Gasteiger partial charge in [-0.2, -0.15) is 0 Å². The number of H-pyrrole nitrogens is 1. The normalized spacial score (nSPS) is 23.1. The summed E-state index contributed by atoms with van der Waals surface area (Å²) in [7, 11) is 0. The van der Waals surface area contributed by atoms with Crippen molar-refractivity contribution in [2.45, 2.75) is 25.6 Å². The number of nitrogens with zero attached hydrogens (tertiary/aromatic N) is 2. The van der Waals surface area contributed by atoms with Crippen LogP contribution >= 0.6 is 11.6 Å². The molecule has 0 bridgehead atoms. The number of anilines is 1. The van der Waals surface area contributed by atoms with Gasteiger partial charge in [0.2, 0.25) is 0 Å². The van der Waals surface area contributed by atoms with Crippen LogP contribution < -0.4 is 10.5 Å². The van der Waals surface area contributed by atoms with E-state index in [1.165, 1.54) is 6.33 Å². The molecule has 2 rings (SSSR count). The first kappa shape index (κ1) is 13.3. The number of aromatic amines is 1. The second-order valence-corrected chi connectivity index (χ2v) is 5.31. The average Bonchev–Trinajstić information content (AvgIpc) is 2.30. The molecule has 1 aromatic heterocycles. The maximum absolute atomic E-state index is 11.5. The predicted octanol–water partition coefficient (Wildman–Crippen LogP) is 0.399. The highest BCUT2D eigenvalue weighted by Crippen LogP contribution is 2.27. The van der Waals surface area contributed by atoms with E-state index >= 15 is 0 Å². The summed E-state index contributed by atoms with van der Waals surface area (Å²) < 4.78 is 5.70. The maximum Gasteiger partial charge on any atom is 0.271 e. The van der Waals surface area contributed by atoms with Crippen molar-refractivity contribution in [1.82, 2.24) is 9.97 Å². The molecular weight excluding hydrogens is 258 g/mol. The zero-order chi connectivity index (χ0) is 13.3. The van der Waals surface area contributed by atoms with Crippen LogP contribution in [0.1, 0.15) is 13.8 Å². The Labute approximate surface area is 110 Å². The summed E-state index contributed by atoms with van der Waals surface area (Å²) in [5, 5.41) is 9.30. The molecule has 6 nitrogen and oxygen atoms in total. The number of hydrogen-bond acceptors (Lipinski definition) is 5. The van der Waals surface area contributed by atoms with Crippen molar-refractivity contribution < 1.29 is 9.84 Å². The molecule has 7 heteroatoms. The van der Waals surface area contributed by atoms with E-state index in [1.54, 1.807) is 0 Å². The first-order valence-electron chi connectivity index (χ1n) is 5.70. The number of halogens is 1. The van der Waals surface area contributed by atoms with Crippen molar-refractivity contribution in [1.29, 1.82) is 0 Å². The summed E-state index contributed by atoms with van der Waals surface area (Å²) in [6.07, 6.45) is 1.01. The number of hydrogen-bond donors (Lipinski definition) is 2. The highest BCUT2D eigenvalue weighted by atomic mass is 35.5. The molecule has 1 unspecified atom stereocenters. The van der Waals surface area contributed by atoms with E-state index in [9.17, 15) is 9.90 Å². The largest absolute Gasteiger partial charge is 0.394 e. The van der Waals surface area contributed by atoms with Crippen molar-refractivity contribution in [2.75, 3.05) is 24.6 Å². The molecule has 2 N–H and O–H groups in total. The number of aliphatic hydroxyl groups is 1. The Hall–Kier alpha value is -1.11. The first-order chi connectivity index (χ1) is 8.43. The van der Waals surface area contributed by atoms with Gasteiger partial charge in [0.25, 0.3) is 5.56 Å². The van der Waals surface area contributed by atoms with Gasteiger partial charge in [-0.25, -0.2) is 4.98 Å². The molecule has 0 amide bonds. The SMILES string of the molecule is CC1(C)CN(c2nc[nH]c(=O)c2Cl)CC(CO)O1. The van der Waals surface area contributed by atoms with Gasteiger partial charge in [0, 0.05) is 13.1 Å². The first-order valence-corrected chi connectivity index (χ1v) is 6.07. The van der Waals surface area contributed by atoms with Crippen molar-refractivity contribution in [3.8, 4) is 0 Å². The van der Waals surface area contributed by atoms with Gasteiger partial charge in [0.1, 0.15) is 5.02 Å². The second-order valence-electron chi connectivity index (χ2n) is 4.93. The Bertz CT molecular complexity index is 489. The summed E-state index contributed by atoms with van der Waals surface area (Å²) in [5.41, 5.74) is -0.800. The standard InChI is InChI=1S/C11H16ClN3O3/c1-11(2)5-15(3-7(4-16)18-11)9-8(12)10(17)14-6-13-9/h6-7,16H,3-5H2,1-2H3,(H,13,14,17). The summed E-state index contributed by atoms with van der Waals surface area (Å²) in [6, 6.07) is 0. The number of aliphatic hydroxyl groups excluding tert-OH is 1. The third kappa shape index (κ3) is 2.66. The number of morpholine rings is 1. The van der Waals surface area contributed by atoms with Gasteiger partial charge in [0.15, 0.2) is 5.82 Å². The Morgan fingerprint density at radius 1 is 1.72 bits per heavy atom. The van der Waals surface area contributed by atoms with Crippen LogP contribution in [0, 0.1) is 0 Å². The molecule has 2 heterocycles. The minimum absolute atomic E-state index is 0.0619. The molecule has 0 radical (unpaired) electrons. The molecule has 0 spiro atoms. The van der Waals surface area contributed by atoms with Gasteiger partial charge in [-0.3, -0.25) is 4.79 Å². The molecule has 0 aliphatic carbocycles. The molecule has 1 fully saturated rings. The van der Waals surface area contributed by atoms with Crippen LogP contribution in [-0.4, -0.2) is 46.5 Å². The lowest BCUT2D eigenvalue weighted by Gasteiger charge is -2.42. The van der Waals surface area contributed by atoms with Crippen LogP contribution in [0.4, 0.5) is 5.82 Å². The van der Waals surface area contributed by atoms with Gasteiger partial charge in [0.05, 0.1) is 24.6 Å². The van der Waals surface area contributed by atoms with Crippen molar-refractivity contribution in [3.63, 3.8) is 0 Å². The maximum atomic E-state index is 11.5. The van der Waals surface area contributed by atoms with E-state index in [2.05, 4.69) is 9.97 Å². The molecule has 1 aliphatic rings. The Balaban J connectivity index is 2.32. The van der Waals surface area contributed by atoms with Gasteiger partial charge in [-0.05, 0) is 13.8 Å². The third-order valence-corrected chi connectivity index (χ3v) is 3.10. The number of aromatic nitrogens is 2. The minimum Gasteiger partial charge on any atom is -0.394 e. The van der Waals surface area contributed by atoms with Gasteiger partial charge in [-0.15, -0.1) is 0 Å². The van der Waals surface area contributed by atoms with E-state index in [4.69, 9.17) is 16.3 Å². The summed E-state index contributed by atoms with van der Waals surface area (Å²) in [4.78, 5) is 19.8. The third-order valence-electron chi connectivity index (χ3n) is 2.76. The zero-order valence-electron chi connectivity index (χ0n) is 10.3. The van der Waals surface area contributed by atoms with Crippen LogP contribution in [0.3, 0.4) is 0 Å². The molecule has 100 valence electrons. The Morgan fingerprint density at radius 3 is 3.11 bits per heavy atom. The number of nitrogens with one attached hydrogen (secondary N) is 1. The van der Waals surface area contributed by atoms with Gasteiger partial charge in [-0.1, -0.05) is 11.6 Å². The molecule has 1 saturated heterocycles. The highest BCUT2D eigenvalue weighted by molar-refractivity contribution is 6.32. The quantitative estimate of drug-likeness (QED) is 0.815. The lowest BCUT2D eigenvalue weighted by molar-refractivity contribution is -0.101. The number of rotatable bonds is 2. The van der Waals surface area contributed by atoms with Crippen LogP contribution in [0.2, 0.25) is 5.02 Å². The molecule has 0 aromatic carbocycles. The summed E-state index contributed by atoms with van der Waals surface area (Å²) in [6.45, 7) is 4.77. The highest BCUT2D eigenvalue weighted by Gasteiger charge is 2.34. The smallest absolute Gasteiger partial charge is 0.271 e. The molecule has 18 heavy (non-hydrogen) atoms. The monoisotopic (exact) mass is 273 g/mol. The van der Waals surface area contributed by atoms with E-state index in [0.717, 1.165) is 0 Å². The average molecular weight is 274 g/mol. The molecule has 1 atom stereocenters. The Morgan fingerprint density at radius 2 is 2.44 bits per heavy atom. The van der Waals surface area contributed by atoms with E-state index in [1.807, 2.05) is 18.7 Å². The molecule has 1 aromatic rings. The van der Waals surface area contributed by atoms with Crippen molar-refractivity contribution in [2.24, 2.45) is 0 Å². The fourth-order valence-corrected chi connectivity index (χ4v) is 2.37. The lowest BCUT2D eigenvalue weighted by atomic mass is 10.1. The minimum atomic E-state index is -0.431. The summed E-state index contributed by atoms with van der Waals surface area (Å²) >= 11 is 5.96.